The first-order valence-electron chi connectivity index (χ1n) is 6.67. The molecule has 2 aromatic heterocycles. The number of hydrogen-bond acceptors (Lipinski definition) is 9. The Kier molecular flexibility index (Phi) is 4.08. The van der Waals surface area contributed by atoms with Crippen LogP contribution in [0.2, 0.25) is 0 Å². The van der Waals surface area contributed by atoms with Crippen LogP contribution in [0, 0.1) is 0 Å². The van der Waals surface area contributed by atoms with Crippen molar-refractivity contribution in [3.05, 3.63) is 12.7 Å². The molecule has 5 atom stereocenters. The molecule has 1 fully saturated rings. The lowest BCUT2D eigenvalue weighted by atomic mass is 10.1. The van der Waals surface area contributed by atoms with Crippen LogP contribution in [-0.4, -0.2) is 66.2 Å². The smallest absolute Gasteiger partial charge is 0.325 e. The number of rotatable bonds is 4. The third-order valence-electron chi connectivity index (χ3n) is 3.48. The Bertz CT molecular complexity index is 762. The summed E-state index contributed by atoms with van der Waals surface area (Å²) in [7, 11) is -3.72. The fourth-order valence-electron chi connectivity index (χ4n) is 2.36. The molecule has 1 aliphatic rings. The van der Waals surface area contributed by atoms with Crippen molar-refractivity contribution in [3.63, 3.8) is 0 Å². The van der Waals surface area contributed by atoms with Gasteiger partial charge in [0.05, 0.1) is 12.9 Å². The second-order valence-corrected chi connectivity index (χ2v) is 7.09. The average Bonchev–Trinajstić information content (AvgIpc) is 3.01. The van der Waals surface area contributed by atoms with Gasteiger partial charge in [-0.3, -0.25) is 9.13 Å². The summed E-state index contributed by atoms with van der Waals surface area (Å²) >= 11 is 0. The number of aromatic nitrogens is 4. The van der Waals surface area contributed by atoms with E-state index >= 15 is 0 Å². The van der Waals surface area contributed by atoms with Crippen molar-refractivity contribution < 1.29 is 28.9 Å². The average molecular weight is 345 g/mol. The van der Waals surface area contributed by atoms with Crippen LogP contribution in [0.5, 0.6) is 0 Å². The van der Waals surface area contributed by atoms with Gasteiger partial charge in [0, 0.05) is 6.66 Å². The molecule has 0 bridgehead atoms. The number of fused-ring (bicyclic) bond motifs is 1. The minimum absolute atomic E-state index is 0.175. The number of anilines is 1. The zero-order chi connectivity index (χ0) is 16.8. The van der Waals surface area contributed by atoms with Gasteiger partial charge in [-0.1, -0.05) is 0 Å². The molecule has 0 spiro atoms. The standard InChI is InChI=1S/C11H16N5O6P/c1-23(19,20)21-2-5-7(17)8(18)11(22-5)16-4-15-6-9(12)13-3-14-10(6)16/h3-5,7-8,11,17-18H,2H2,1H3,(H,19,20)(H2,12,13,14)/t5-,7-,8+,11+/m0/s1. The number of aliphatic hydroxyl groups excluding tert-OH is 2. The SMILES string of the molecule is CP(=O)(O)OC[C@@H]1O[C@@H](n2cnc3c(N)ncnc32)[C@H](O)[C@H]1O. The van der Waals surface area contributed by atoms with Gasteiger partial charge >= 0.3 is 7.60 Å². The van der Waals surface area contributed by atoms with Crippen molar-refractivity contribution in [1.29, 1.82) is 0 Å². The molecule has 12 heteroatoms. The predicted molar refractivity (Wildman–Crippen MR) is 77.4 cm³/mol. The number of nitrogens with zero attached hydrogens (tertiary/aromatic N) is 4. The monoisotopic (exact) mass is 345 g/mol. The van der Waals surface area contributed by atoms with E-state index in [-0.39, 0.29) is 12.4 Å². The molecular formula is C11H16N5O6P. The molecule has 126 valence electrons. The Morgan fingerprint density at radius 3 is 2.83 bits per heavy atom. The Hall–Kier alpha value is -1.62. The molecule has 3 rings (SSSR count). The van der Waals surface area contributed by atoms with Crippen LogP contribution >= 0.6 is 7.60 Å². The number of hydrogen-bond donors (Lipinski definition) is 4. The zero-order valence-electron chi connectivity index (χ0n) is 12.1. The minimum Gasteiger partial charge on any atom is -0.387 e. The van der Waals surface area contributed by atoms with E-state index in [2.05, 4.69) is 15.0 Å². The quantitative estimate of drug-likeness (QED) is 0.497. The van der Waals surface area contributed by atoms with E-state index in [0.717, 1.165) is 6.66 Å². The summed E-state index contributed by atoms with van der Waals surface area (Å²) in [5.74, 6) is 0.175. The largest absolute Gasteiger partial charge is 0.387 e. The molecule has 0 saturated carbocycles. The van der Waals surface area contributed by atoms with Crippen LogP contribution in [0.25, 0.3) is 11.2 Å². The van der Waals surface area contributed by atoms with E-state index in [1.54, 1.807) is 0 Å². The van der Waals surface area contributed by atoms with Gasteiger partial charge in [0.25, 0.3) is 0 Å². The van der Waals surface area contributed by atoms with Gasteiger partial charge in [-0.25, -0.2) is 15.0 Å². The maximum atomic E-state index is 11.2. The summed E-state index contributed by atoms with van der Waals surface area (Å²) in [6.45, 7) is 0.675. The second-order valence-electron chi connectivity index (χ2n) is 5.23. The second kappa shape index (κ2) is 5.78. The molecule has 0 amide bonds. The number of imidazole rings is 1. The molecule has 0 aliphatic carbocycles. The summed E-state index contributed by atoms with van der Waals surface area (Å²) in [4.78, 5) is 21.0. The summed E-state index contributed by atoms with van der Waals surface area (Å²) in [5.41, 5.74) is 6.37. The number of ether oxygens (including phenoxy) is 1. The highest BCUT2D eigenvalue weighted by molar-refractivity contribution is 7.51. The first kappa shape index (κ1) is 16.2. The number of nitrogen functional groups attached to an aromatic ring is 1. The maximum absolute atomic E-state index is 11.2. The summed E-state index contributed by atoms with van der Waals surface area (Å²) in [6, 6.07) is 0. The third kappa shape index (κ3) is 3.07. The highest BCUT2D eigenvalue weighted by Gasteiger charge is 2.45. The molecule has 23 heavy (non-hydrogen) atoms. The highest BCUT2D eigenvalue weighted by atomic mass is 31.2. The topological polar surface area (TPSA) is 166 Å². The van der Waals surface area contributed by atoms with E-state index < -0.39 is 32.1 Å². The molecule has 1 aliphatic heterocycles. The molecular weight excluding hydrogens is 329 g/mol. The lowest BCUT2D eigenvalue weighted by Crippen LogP contribution is -2.33. The third-order valence-corrected chi connectivity index (χ3v) is 4.10. The van der Waals surface area contributed by atoms with Crippen molar-refractivity contribution >= 4 is 24.6 Å². The molecule has 0 aromatic carbocycles. The molecule has 0 radical (unpaired) electrons. The fourth-order valence-corrected chi connectivity index (χ4v) is 2.79. The first-order valence-corrected chi connectivity index (χ1v) is 8.70. The molecule has 2 aromatic rings. The highest BCUT2D eigenvalue weighted by Crippen LogP contribution is 2.39. The van der Waals surface area contributed by atoms with Crippen molar-refractivity contribution in [2.45, 2.75) is 24.5 Å². The molecule has 1 saturated heterocycles. The van der Waals surface area contributed by atoms with Crippen LogP contribution in [0.1, 0.15) is 6.23 Å². The number of aliphatic hydroxyl groups is 2. The van der Waals surface area contributed by atoms with E-state index in [1.165, 1.54) is 17.2 Å². The van der Waals surface area contributed by atoms with Gasteiger partial charge in [0.15, 0.2) is 17.7 Å². The Morgan fingerprint density at radius 2 is 2.13 bits per heavy atom. The molecule has 1 unspecified atom stereocenters. The summed E-state index contributed by atoms with van der Waals surface area (Å²) in [5, 5.41) is 20.2. The van der Waals surface area contributed by atoms with Crippen LogP contribution in [0.15, 0.2) is 12.7 Å². The van der Waals surface area contributed by atoms with Gasteiger partial charge < -0.3 is 30.1 Å². The van der Waals surface area contributed by atoms with E-state index in [0.29, 0.717) is 11.2 Å². The van der Waals surface area contributed by atoms with Gasteiger partial charge in [0.2, 0.25) is 0 Å². The molecule has 11 nitrogen and oxygen atoms in total. The van der Waals surface area contributed by atoms with Gasteiger partial charge in [0.1, 0.15) is 30.2 Å². The lowest BCUT2D eigenvalue weighted by molar-refractivity contribution is -0.0483. The summed E-state index contributed by atoms with van der Waals surface area (Å²) < 4.78 is 22.9. The Labute approximate surface area is 130 Å². The van der Waals surface area contributed by atoms with E-state index in [9.17, 15) is 14.8 Å². The Balaban J connectivity index is 1.85. The van der Waals surface area contributed by atoms with Crippen molar-refractivity contribution in [3.8, 4) is 0 Å². The predicted octanol–water partition coefficient (Wildman–Crippen LogP) is -1.14. The minimum atomic E-state index is -3.72. The number of nitrogens with two attached hydrogens (primary N) is 1. The fraction of sp³-hybridized carbons (Fsp3) is 0.545. The van der Waals surface area contributed by atoms with Crippen molar-refractivity contribution in [1.82, 2.24) is 19.5 Å². The van der Waals surface area contributed by atoms with Gasteiger partial charge in [-0.2, -0.15) is 0 Å². The zero-order valence-corrected chi connectivity index (χ0v) is 12.9. The van der Waals surface area contributed by atoms with E-state index in [1.807, 2.05) is 0 Å². The van der Waals surface area contributed by atoms with Crippen LogP contribution in [0.3, 0.4) is 0 Å². The summed E-state index contributed by atoms with van der Waals surface area (Å²) in [6.07, 6.45) is -1.97. The van der Waals surface area contributed by atoms with E-state index in [4.69, 9.17) is 19.9 Å². The van der Waals surface area contributed by atoms with Crippen LogP contribution in [0.4, 0.5) is 5.82 Å². The lowest BCUT2D eigenvalue weighted by Gasteiger charge is -2.16. The normalized spacial score (nSPS) is 30.6. The van der Waals surface area contributed by atoms with Crippen molar-refractivity contribution in [2.75, 3.05) is 19.0 Å². The first-order chi connectivity index (χ1) is 10.8. The van der Waals surface area contributed by atoms with Gasteiger partial charge in [-0.15, -0.1) is 0 Å². The van der Waals surface area contributed by atoms with Gasteiger partial charge in [-0.05, 0) is 0 Å². The van der Waals surface area contributed by atoms with Crippen molar-refractivity contribution in [2.24, 2.45) is 0 Å². The molecule has 3 heterocycles. The van der Waals surface area contributed by atoms with Crippen LogP contribution < -0.4 is 5.73 Å². The Morgan fingerprint density at radius 1 is 1.39 bits per heavy atom. The maximum Gasteiger partial charge on any atom is 0.325 e. The molecule has 5 N–H and O–H groups in total. The van der Waals surface area contributed by atoms with Crippen LogP contribution in [-0.2, 0) is 13.8 Å².